The van der Waals surface area contributed by atoms with Crippen molar-refractivity contribution in [3.63, 3.8) is 0 Å². The van der Waals surface area contributed by atoms with Gasteiger partial charge in [-0.15, -0.1) is 12.4 Å². The summed E-state index contributed by atoms with van der Waals surface area (Å²) in [7, 11) is 1.30. The number of hydrogen-bond acceptors (Lipinski definition) is 4. The van der Waals surface area contributed by atoms with Crippen molar-refractivity contribution in [2.75, 3.05) is 13.7 Å². The Morgan fingerprint density at radius 3 is 2.72 bits per heavy atom. The molecule has 1 aliphatic rings. The third-order valence-corrected chi connectivity index (χ3v) is 3.21. The Hall–Kier alpha value is -1.10. The SMILES string of the molecule is COC(=O)[C@@]1(O)CCCN1Cc1ccccc1.Cl. The lowest BCUT2D eigenvalue weighted by molar-refractivity contribution is -0.181. The number of esters is 1. The fourth-order valence-electron chi connectivity index (χ4n) is 2.27. The van der Waals surface area contributed by atoms with E-state index in [0.29, 0.717) is 19.5 Å². The van der Waals surface area contributed by atoms with Crippen molar-refractivity contribution in [2.45, 2.75) is 25.1 Å². The van der Waals surface area contributed by atoms with Gasteiger partial charge in [-0.2, -0.15) is 0 Å². The number of ether oxygens (including phenoxy) is 1. The number of methoxy groups -OCH3 is 1. The Morgan fingerprint density at radius 2 is 2.11 bits per heavy atom. The Morgan fingerprint density at radius 1 is 1.44 bits per heavy atom. The highest BCUT2D eigenvalue weighted by atomic mass is 35.5. The van der Waals surface area contributed by atoms with Crippen LogP contribution in [0.25, 0.3) is 0 Å². The van der Waals surface area contributed by atoms with E-state index < -0.39 is 11.7 Å². The first-order valence-corrected chi connectivity index (χ1v) is 5.76. The molecule has 1 aromatic rings. The molecule has 0 spiro atoms. The molecule has 1 fully saturated rings. The van der Waals surface area contributed by atoms with Gasteiger partial charge in [0, 0.05) is 19.5 Å². The molecular formula is C13H18ClNO3. The first kappa shape index (κ1) is 15.0. The number of carbonyl (C=O) groups excluding carboxylic acids is 1. The van der Waals surface area contributed by atoms with Gasteiger partial charge in [0.2, 0.25) is 5.72 Å². The standard InChI is InChI=1S/C13H17NO3.ClH/c1-17-12(15)13(16)8-5-9-14(13)10-11-6-3-2-4-7-11;/h2-4,6-7,16H,5,8-10H2,1H3;1H/t13-;/m0./s1. The van der Waals surface area contributed by atoms with Gasteiger partial charge in [-0.1, -0.05) is 30.3 Å². The number of nitrogens with zero attached hydrogens (tertiary/aromatic N) is 1. The molecular weight excluding hydrogens is 254 g/mol. The van der Waals surface area contributed by atoms with E-state index in [4.69, 9.17) is 0 Å². The highest BCUT2D eigenvalue weighted by Gasteiger charge is 2.46. The third kappa shape index (κ3) is 2.83. The lowest BCUT2D eigenvalue weighted by Crippen LogP contribution is -2.50. The fraction of sp³-hybridized carbons (Fsp3) is 0.462. The molecule has 1 aromatic carbocycles. The van der Waals surface area contributed by atoms with E-state index in [-0.39, 0.29) is 12.4 Å². The molecule has 4 nitrogen and oxygen atoms in total. The predicted octanol–water partition coefficient (Wildman–Crippen LogP) is 1.57. The lowest BCUT2D eigenvalue weighted by atomic mass is 10.1. The molecule has 1 saturated heterocycles. The molecule has 0 aliphatic carbocycles. The van der Waals surface area contributed by atoms with E-state index in [1.54, 1.807) is 4.90 Å². The highest BCUT2D eigenvalue weighted by molar-refractivity contribution is 5.85. The van der Waals surface area contributed by atoms with Gasteiger partial charge in [0.15, 0.2) is 0 Å². The van der Waals surface area contributed by atoms with Crippen LogP contribution in [-0.2, 0) is 16.1 Å². The normalized spacial score (nSPS) is 23.4. The minimum Gasteiger partial charge on any atom is -0.466 e. The van der Waals surface area contributed by atoms with E-state index in [2.05, 4.69) is 4.74 Å². The summed E-state index contributed by atoms with van der Waals surface area (Å²) < 4.78 is 4.67. The van der Waals surface area contributed by atoms with Crippen molar-refractivity contribution in [1.82, 2.24) is 4.90 Å². The predicted molar refractivity (Wildman–Crippen MR) is 70.3 cm³/mol. The van der Waals surface area contributed by atoms with Crippen molar-refractivity contribution >= 4 is 18.4 Å². The van der Waals surface area contributed by atoms with E-state index in [1.807, 2.05) is 30.3 Å². The molecule has 0 bridgehead atoms. The van der Waals surface area contributed by atoms with Crippen LogP contribution in [0.1, 0.15) is 18.4 Å². The van der Waals surface area contributed by atoms with E-state index >= 15 is 0 Å². The maximum absolute atomic E-state index is 11.6. The van der Waals surface area contributed by atoms with Gasteiger partial charge in [-0.05, 0) is 12.0 Å². The van der Waals surface area contributed by atoms with Gasteiger partial charge < -0.3 is 9.84 Å². The number of halogens is 1. The number of aliphatic hydroxyl groups is 1. The fourth-order valence-corrected chi connectivity index (χ4v) is 2.27. The summed E-state index contributed by atoms with van der Waals surface area (Å²) in [6.07, 6.45) is 1.24. The van der Waals surface area contributed by atoms with E-state index in [0.717, 1.165) is 12.0 Å². The van der Waals surface area contributed by atoms with Crippen LogP contribution in [0.3, 0.4) is 0 Å². The zero-order chi connectivity index (χ0) is 12.3. The topological polar surface area (TPSA) is 49.8 Å². The second kappa shape index (κ2) is 6.18. The van der Waals surface area contributed by atoms with Crippen molar-refractivity contribution < 1.29 is 14.6 Å². The average Bonchev–Trinajstić information content (AvgIpc) is 2.72. The molecule has 1 aliphatic heterocycles. The van der Waals surface area contributed by atoms with Gasteiger partial charge in [-0.25, -0.2) is 4.79 Å². The minimum atomic E-state index is -1.45. The average molecular weight is 272 g/mol. The largest absolute Gasteiger partial charge is 0.466 e. The molecule has 0 radical (unpaired) electrons. The molecule has 0 aromatic heterocycles. The Kier molecular flexibility index (Phi) is 5.14. The summed E-state index contributed by atoms with van der Waals surface area (Å²) in [5.41, 5.74) is -0.373. The highest BCUT2D eigenvalue weighted by Crippen LogP contribution is 2.29. The maximum atomic E-state index is 11.6. The van der Waals surface area contributed by atoms with Crippen LogP contribution in [0.4, 0.5) is 0 Å². The van der Waals surface area contributed by atoms with Gasteiger partial charge in [0.05, 0.1) is 7.11 Å². The minimum absolute atomic E-state index is 0. The van der Waals surface area contributed by atoms with Gasteiger partial charge in [0.1, 0.15) is 0 Å². The summed E-state index contributed by atoms with van der Waals surface area (Å²) in [6.45, 7) is 1.27. The smallest absolute Gasteiger partial charge is 0.353 e. The molecule has 0 amide bonds. The van der Waals surface area contributed by atoms with Crippen LogP contribution in [0.5, 0.6) is 0 Å². The monoisotopic (exact) mass is 271 g/mol. The van der Waals surface area contributed by atoms with Crippen molar-refractivity contribution in [1.29, 1.82) is 0 Å². The third-order valence-electron chi connectivity index (χ3n) is 3.21. The van der Waals surface area contributed by atoms with Gasteiger partial charge >= 0.3 is 5.97 Å². The van der Waals surface area contributed by atoms with Crippen LogP contribution in [0.2, 0.25) is 0 Å². The number of likely N-dealkylation sites (tertiary alicyclic amines) is 1. The summed E-state index contributed by atoms with van der Waals surface area (Å²) >= 11 is 0. The molecule has 2 rings (SSSR count). The number of rotatable bonds is 3. The number of hydrogen-bond donors (Lipinski definition) is 1. The number of carbonyl (C=O) groups is 1. The molecule has 100 valence electrons. The Balaban J connectivity index is 0.00000162. The van der Waals surface area contributed by atoms with Crippen molar-refractivity contribution in [3.8, 4) is 0 Å². The zero-order valence-electron chi connectivity index (χ0n) is 10.3. The van der Waals surface area contributed by atoms with Crippen LogP contribution in [-0.4, -0.2) is 35.4 Å². The molecule has 0 saturated carbocycles. The molecule has 0 unspecified atom stereocenters. The maximum Gasteiger partial charge on any atom is 0.353 e. The van der Waals surface area contributed by atoms with Gasteiger partial charge in [0.25, 0.3) is 0 Å². The van der Waals surface area contributed by atoms with Crippen molar-refractivity contribution in [2.24, 2.45) is 0 Å². The van der Waals surface area contributed by atoms with Gasteiger partial charge in [-0.3, -0.25) is 4.90 Å². The van der Waals surface area contributed by atoms with Crippen LogP contribution < -0.4 is 0 Å². The first-order chi connectivity index (χ1) is 8.16. The Labute approximate surface area is 113 Å². The molecule has 1 N–H and O–H groups in total. The molecule has 1 heterocycles. The summed E-state index contributed by atoms with van der Waals surface area (Å²) in [5, 5.41) is 10.3. The lowest BCUT2D eigenvalue weighted by Gasteiger charge is -2.30. The van der Waals surface area contributed by atoms with Crippen LogP contribution in [0, 0.1) is 0 Å². The molecule has 18 heavy (non-hydrogen) atoms. The van der Waals surface area contributed by atoms with Crippen LogP contribution >= 0.6 is 12.4 Å². The van der Waals surface area contributed by atoms with Crippen molar-refractivity contribution in [3.05, 3.63) is 35.9 Å². The number of benzene rings is 1. The van der Waals surface area contributed by atoms with Crippen LogP contribution in [0.15, 0.2) is 30.3 Å². The van der Waals surface area contributed by atoms with E-state index in [1.165, 1.54) is 7.11 Å². The summed E-state index contributed by atoms with van der Waals surface area (Å²) in [6, 6.07) is 9.80. The summed E-state index contributed by atoms with van der Waals surface area (Å²) in [4.78, 5) is 13.4. The van der Waals surface area contributed by atoms with E-state index in [9.17, 15) is 9.90 Å². The second-order valence-corrected chi connectivity index (χ2v) is 4.32. The Bertz CT molecular complexity index is 398. The molecule has 1 atom stereocenters. The quantitative estimate of drug-likeness (QED) is 0.848. The summed E-state index contributed by atoms with van der Waals surface area (Å²) in [5.74, 6) is -0.564. The second-order valence-electron chi connectivity index (χ2n) is 4.32. The molecule has 5 heteroatoms. The first-order valence-electron chi connectivity index (χ1n) is 5.76. The zero-order valence-corrected chi connectivity index (χ0v) is 11.2.